The van der Waals surface area contributed by atoms with Gasteiger partial charge < -0.3 is 5.32 Å². The van der Waals surface area contributed by atoms with Crippen LogP contribution in [-0.2, 0) is 6.54 Å². The molecule has 0 saturated heterocycles. The first-order valence-corrected chi connectivity index (χ1v) is 8.22. The van der Waals surface area contributed by atoms with Gasteiger partial charge in [0.05, 0.1) is 0 Å². The summed E-state index contributed by atoms with van der Waals surface area (Å²) >= 11 is 1.92. The molecule has 0 unspecified atom stereocenters. The van der Waals surface area contributed by atoms with E-state index in [2.05, 4.69) is 36.5 Å². The summed E-state index contributed by atoms with van der Waals surface area (Å²) in [5.74, 6) is 1.26. The van der Waals surface area contributed by atoms with E-state index in [0.717, 1.165) is 18.3 Å². The molecule has 2 nitrogen and oxygen atoms in total. The number of aliphatic imine (C=N–C) groups is 1. The van der Waals surface area contributed by atoms with E-state index in [0.29, 0.717) is 5.41 Å². The molecule has 1 aliphatic heterocycles. The number of thioether (sulfide) groups is 1. The van der Waals surface area contributed by atoms with Crippen molar-refractivity contribution in [3.8, 4) is 0 Å². The van der Waals surface area contributed by atoms with Gasteiger partial charge in [0.25, 0.3) is 0 Å². The standard InChI is InChI=1S/C16H22N2S/c1-13-6-2-3-7-14(13)10-17-15-18-11-16(12-19-15)8-4-5-9-16/h2-3,6-7H,4-5,8-12H2,1H3,(H,17,18). The number of aryl methyl sites for hydroxylation is 1. The number of amidine groups is 1. The van der Waals surface area contributed by atoms with Crippen molar-refractivity contribution in [3.63, 3.8) is 0 Å². The fourth-order valence-electron chi connectivity index (χ4n) is 3.07. The van der Waals surface area contributed by atoms with Crippen LogP contribution >= 0.6 is 11.8 Å². The first-order chi connectivity index (χ1) is 9.27. The van der Waals surface area contributed by atoms with Crippen molar-refractivity contribution < 1.29 is 0 Å². The third-order valence-corrected chi connectivity index (χ3v) is 5.73. The molecular weight excluding hydrogens is 252 g/mol. The largest absolute Gasteiger partial charge is 0.361 e. The summed E-state index contributed by atoms with van der Waals surface area (Å²) in [4.78, 5) is 4.78. The summed E-state index contributed by atoms with van der Waals surface area (Å²) in [5.41, 5.74) is 3.26. The smallest absolute Gasteiger partial charge is 0.156 e. The topological polar surface area (TPSA) is 24.4 Å². The van der Waals surface area contributed by atoms with Crippen molar-refractivity contribution >= 4 is 16.9 Å². The van der Waals surface area contributed by atoms with E-state index in [4.69, 9.17) is 4.99 Å². The van der Waals surface area contributed by atoms with Crippen LogP contribution in [0.4, 0.5) is 0 Å². The fourth-order valence-corrected chi connectivity index (χ4v) is 4.22. The van der Waals surface area contributed by atoms with E-state index < -0.39 is 0 Å². The molecular formula is C16H22N2S. The SMILES string of the molecule is Cc1ccccc1CNC1=NCC2(CCCC2)CS1. The monoisotopic (exact) mass is 274 g/mol. The van der Waals surface area contributed by atoms with Gasteiger partial charge in [0.15, 0.2) is 5.17 Å². The molecule has 1 spiro atoms. The maximum absolute atomic E-state index is 4.78. The Labute approximate surface area is 120 Å². The van der Waals surface area contributed by atoms with Crippen molar-refractivity contribution in [1.82, 2.24) is 5.32 Å². The van der Waals surface area contributed by atoms with Gasteiger partial charge in [-0.25, -0.2) is 0 Å². The number of benzene rings is 1. The van der Waals surface area contributed by atoms with Gasteiger partial charge in [0.2, 0.25) is 0 Å². The molecule has 102 valence electrons. The lowest BCUT2D eigenvalue weighted by Gasteiger charge is -2.31. The zero-order chi connectivity index (χ0) is 13.1. The summed E-state index contributed by atoms with van der Waals surface area (Å²) in [5, 5.41) is 4.64. The summed E-state index contributed by atoms with van der Waals surface area (Å²) in [6, 6.07) is 8.55. The fraction of sp³-hybridized carbons (Fsp3) is 0.562. The molecule has 1 N–H and O–H groups in total. The Kier molecular flexibility index (Phi) is 3.83. The molecule has 0 aromatic heterocycles. The second-order valence-corrected chi connectivity index (χ2v) is 6.86. The Hall–Kier alpha value is -0.960. The minimum absolute atomic E-state index is 0.540. The molecule has 0 bridgehead atoms. The van der Waals surface area contributed by atoms with Crippen LogP contribution < -0.4 is 5.32 Å². The summed E-state index contributed by atoms with van der Waals surface area (Å²) in [6.45, 7) is 4.10. The average molecular weight is 274 g/mol. The lowest BCUT2D eigenvalue weighted by Crippen LogP contribution is -2.33. The molecule has 19 heavy (non-hydrogen) atoms. The number of hydrogen-bond donors (Lipinski definition) is 1. The van der Waals surface area contributed by atoms with Crippen LogP contribution in [0, 0.1) is 12.3 Å². The van der Waals surface area contributed by atoms with Gasteiger partial charge in [-0.3, -0.25) is 4.99 Å². The molecule has 1 heterocycles. The van der Waals surface area contributed by atoms with E-state index in [1.54, 1.807) is 0 Å². The highest BCUT2D eigenvalue weighted by Crippen LogP contribution is 2.43. The van der Waals surface area contributed by atoms with Crippen molar-refractivity contribution in [1.29, 1.82) is 0 Å². The lowest BCUT2D eigenvalue weighted by molar-refractivity contribution is 0.358. The molecule has 1 fully saturated rings. The van der Waals surface area contributed by atoms with Crippen molar-refractivity contribution in [2.75, 3.05) is 12.3 Å². The van der Waals surface area contributed by atoms with Gasteiger partial charge in [-0.05, 0) is 36.3 Å². The molecule has 3 rings (SSSR count). The van der Waals surface area contributed by atoms with E-state index in [1.165, 1.54) is 42.6 Å². The van der Waals surface area contributed by atoms with Gasteiger partial charge in [-0.15, -0.1) is 0 Å². The zero-order valence-electron chi connectivity index (χ0n) is 11.6. The predicted octanol–water partition coefficient (Wildman–Crippen LogP) is 3.75. The average Bonchev–Trinajstić information content (AvgIpc) is 2.88. The maximum Gasteiger partial charge on any atom is 0.156 e. The molecule has 3 heteroatoms. The normalized spacial score (nSPS) is 21.4. The second-order valence-electron chi connectivity index (χ2n) is 5.90. The van der Waals surface area contributed by atoms with E-state index in [-0.39, 0.29) is 0 Å². The summed E-state index contributed by atoms with van der Waals surface area (Å²) in [7, 11) is 0. The number of rotatable bonds is 2. The highest BCUT2D eigenvalue weighted by Gasteiger charge is 2.36. The molecule has 0 radical (unpaired) electrons. The van der Waals surface area contributed by atoms with Gasteiger partial charge in [0, 0.05) is 18.8 Å². The minimum atomic E-state index is 0.540. The van der Waals surface area contributed by atoms with Crippen LogP contribution in [0.15, 0.2) is 29.3 Å². The number of nitrogens with one attached hydrogen (secondary N) is 1. The first-order valence-electron chi connectivity index (χ1n) is 7.23. The highest BCUT2D eigenvalue weighted by atomic mass is 32.2. The third kappa shape index (κ3) is 2.97. The highest BCUT2D eigenvalue weighted by molar-refractivity contribution is 8.13. The number of nitrogens with zero attached hydrogens (tertiary/aromatic N) is 1. The second kappa shape index (κ2) is 5.58. The molecule has 0 amide bonds. The van der Waals surface area contributed by atoms with Crippen molar-refractivity contribution in [2.24, 2.45) is 10.4 Å². The molecule has 0 atom stereocenters. The third-order valence-electron chi connectivity index (χ3n) is 4.43. The van der Waals surface area contributed by atoms with Crippen LogP contribution in [0.3, 0.4) is 0 Å². The lowest BCUT2D eigenvalue weighted by atomic mass is 9.89. The van der Waals surface area contributed by atoms with Crippen molar-refractivity contribution in [3.05, 3.63) is 35.4 Å². The van der Waals surface area contributed by atoms with Gasteiger partial charge in [-0.1, -0.05) is 48.9 Å². The van der Waals surface area contributed by atoms with E-state index in [9.17, 15) is 0 Å². The van der Waals surface area contributed by atoms with Crippen LogP contribution in [0.1, 0.15) is 36.8 Å². The van der Waals surface area contributed by atoms with Crippen LogP contribution in [0.25, 0.3) is 0 Å². The Morgan fingerprint density at radius 3 is 2.74 bits per heavy atom. The zero-order valence-corrected chi connectivity index (χ0v) is 12.4. The Morgan fingerprint density at radius 2 is 2.05 bits per heavy atom. The predicted molar refractivity (Wildman–Crippen MR) is 83.7 cm³/mol. The van der Waals surface area contributed by atoms with Crippen molar-refractivity contribution in [2.45, 2.75) is 39.2 Å². The minimum Gasteiger partial charge on any atom is -0.361 e. The van der Waals surface area contributed by atoms with E-state index >= 15 is 0 Å². The Morgan fingerprint density at radius 1 is 1.26 bits per heavy atom. The van der Waals surface area contributed by atoms with Crippen LogP contribution in [-0.4, -0.2) is 17.5 Å². The van der Waals surface area contributed by atoms with Gasteiger partial charge in [-0.2, -0.15) is 0 Å². The maximum atomic E-state index is 4.78. The molecule has 1 aromatic carbocycles. The number of hydrogen-bond acceptors (Lipinski definition) is 3. The van der Waals surface area contributed by atoms with Crippen LogP contribution in [0.5, 0.6) is 0 Å². The Balaban J connectivity index is 1.57. The quantitative estimate of drug-likeness (QED) is 0.888. The first kappa shape index (κ1) is 13.0. The Bertz CT molecular complexity index is 475. The molecule has 2 aliphatic rings. The summed E-state index contributed by atoms with van der Waals surface area (Å²) < 4.78 is 0. The molecule has 1 aromatic rings. The van der Waals surface area contributed by atoms with Gasteiger partial charge in [0.1, 0.15) is 0 Å². The van der Waals surface area contributed by atoms with E-state index in [1.807, 2.05) is 11.8 Å². The molecule has 1 aliphatic carbocycles. The van der Waals surface area contributed by atoms with Crippen LogP contribution in [0.2, 0.25) is 0 Å². The molecule has 1 saturated carbocycles. The van der Waals surface area contributed by atoms with Gasteiger partial charge >= 0.3 is 0 Å². The summed E-state index contributed by atoms with van der Waals surface area (Å²) in [6.07, 6.45) is 5.58.